The molecule has 0 aromatic carbocycles. The number of aromatic nitrogens is 1. The highest BCUT2D eigenvalue weighted by molar-refractivity contribution is 7.15. The molecule has 1 N–H and O–H groups in total. The molecule has 1 aromatic heterocycles. The van der Waals surface area contributed by atoms with Crippen LogP contribution in [-0.2, 0) is 4.74 Å². The molecule has 0 radical (unpaired) electrons. The molecule has 1 aromatic rings. The minimum Gasteiger partial charge on any atom is -0.461 e. The maximum atomic E-state index is 11.8. The Morgan fingerprint density at radius 1 is 1.67 bits per heavy atom. The number of esters is 1. The highest BCUT2D eigenvalue weighted by Gasteiger charge is 2.17. The van der Waals surface area contributed by atoms with Crippen LogP contribution in [0.15, 0.2) is 6.20 Å². The number of amides is 1. The van der Waals surface area contributed by atoms with Gasteiger partial charge in [-0.25, -0.2) is 9.78 Å². The average molecular weight is 266 g/mol. The lowest BCUT2D eigenvalue weighted by atomic mass is 10.2. The van der Waals surface area contributed by atoms with E-state index < -0.39 is 5.97 Å². The van der Waals surface area contributed by atoms with E-state index in [9.17, 15) is 9.59 Å². The molecule has 0 bridgehead atoms. The third-order valence-electron chi connectivity index (χ3n) is 1.98. The van der Waals surface area contributed by atoms with Crippen LogP contribution in [0.5, 0.6) is 0 Å². The molecule has 96 valence electrons. The molecule has 0 saturated carbocycles. The second kappa shape index (κ2) is 6.77. The molecule has 1 amide bonds. The molecule has 6 heteroatoms. The molecule has 0 fully saturated rings. The standard InChI is InChI=1S/C12H14N2O3S/c1-4-6-8(3)14-10(15)9-7-13-11(18-9)12(16)17-5-2/h1,7-8H,5-6H2,2-3H3,(H,14,15). The van der Waals surface area contributed by atoms with E-state index in [1.165, 1.54) is 6.20 Å². The first-order valence-corrected chi connectivity index (χ1v) is 6.27. The largest absolute Gasteiger partial charge is 0.461 e. The fourth-order valence-corrected chi connectivity index (χ4v) is 1.90. The normalized spacial score (nSPS) is 11.4. The van der Waals surface area contributed by atoms with Gasteiger partial charge in [0.15, 0.2) is 0 Å². The number of nitrogens with one attached hydrogen (secondary N) is 1. The zero-order valence-electron chi connectivity index (χ0n) is 10.2. The monoisotopic (exact) mass is 266 g/mol. The van der Waals surface area contributed by atoms with Gasteiger partial charge in [0.2, 0.25) is 5.01 Å². The zero-order chi connectivity index (χ0) is 13.5. The summed E-state index contributed by atoms with van der Waals surface area (Å²) in [6.45, 7) is 3.80. The van der Waals surface area contributed by atoms with Crippen molar-refractivity contribution >= 4 is 23.2 Å². The second-order valence-corrected chi connectivity index (χ2v) is 4.56. The molecule has 18 heavy (non-hydrogen) atoms. The van der Waals surface area contributed by atoms with Gasteiger partial charge in [-0.15, -0.1) is 23.7 Å². The van der Waals surface area contributed by atoms with Gasteiger partial charge in [-0.2, -0.15) is 0 Å². The molecule has 5 nitrogen and oxygen atoms in total. The van der Waals surface area contributed by atoms with Crippen molar-refractivity contribution in [1.29, 1.82) is 0 Å². The molecular formula is C12H14N2O3S. The number of terminal acetylenes is 1. The van der Waals surface area contributed by atoms with Gasteiger partial charge in [0.1, 0.15) is 4.88 Å². The maximum Gasteiger partial charge on any atom is 0.367 e. The van der Waals surface area contributed by atoms with Gasteiger partial charge in [0.25, 0.3) is 5.91 Å². The van der Waals surface area contributed by atoms with E-state index >= 15 is 0 Å². The number of hydrogen-bond acceptors (Lipinski definition) is 5. The lowest BCUT2D eigenvalue weighted by molar-refractivity contribution is 0.0526. The highest BCUT2D eigenvalue weighted by Crippen LogP contribution is 2.14. The maximum absolute atomic E-state index is 11.8. The highest BCUT2D eigenvalue weighted by atomic mass is 32.1. The van der Waals surface area contributed by atoms with Gasteiger partial charge in [0, 0.05) is 12.5 Å². The van der Waals surface area contributed by atoms with Crippen molar-refractivity contribution in [2.75, 3.05) is 6.61 Å². The molecule has 0 aliphatic rings. The number of nitrogens with zero attached hydrogens (tertiary/aromatic N) is 1. The summed E-state index contributed by atoms with van der Waals surface area (Å²) >= 11 is 1.000. The molecule has 0 spiro atoms. The van der Waals surface area contributed by atoms with Gasteiger partial charge < -0.3 is 10.1 Å². The van der Waals surface area contributed by atoms with Crippen molar-refractivity contribution in [3.63, 3.8) is 0 Å². The molecule has 1 rings (SSSR count). The van der Waals surface area contributed by atoms with Crippen molar-refractivity contribution < 1.29 is 14.3 Å². The van der Waals surface area contributed by atoms with Crippen LogP contribution in [0.3, 0.4) is 0 Å². The van der Waals surface area contributed by atoms with Crippen LogP contribution < -0.4 is 5.32 Å². The van der Waals surface area contributed by atoms with Crippen molar-refractivity contribution in [3.05, 3.63) is 16.1 Å². The smallest absolute Gasteiger partial charge is 0.367 e. The predicted octanol–water partition coefficient (Wildman–Crippen LogP) is 1.46. The molecule has 0 aliphatic carbocycles. The third kappa shape index (κ3) is 3.86. The van der Waals surface area contributed by atoms with E-state index in [4.69, 9.17) is 11.2 Å². The molecule has 1 atom stereocenters. The third-order valence-corrected chi connectivity index (χ3v) is 2.96. The Hall–Kier alpha value is -1.87. The molecular weight excluding hydrogens is 252 g/mol. The lowest BCUT2D eigenvalue weighted by Crippen LogP contribution is -2.31. The van der Waals surface area contributed by atoms with E-state index in [1.54, 1.807) is 6.92 Å². The summed E-state index contributed by atoms with van der Waals surface area (Å²) in [6, 6.07) is -0.115. The van der Waals surface area contributed by atoms with Crippen molar-refractivity contribution in [2.45, 2.75) is 26.3 Å². The number of carbonyl (C=O) groups is 2. The summed E-state index contributed by atoms with van der Waals surface area (Å²) in [7, 11) is 0. The minimum absolute atomic E-state index is 0.115. The van der Waals surface area contributed by atoms with Gasteiger partial charge in [-0.1, -0.05) is 0 Å². The fraction of sp³-hybridized carbons (Fsp3) is 0.417. The number of thiazole rings is 1. The number of ether oxygens (including phenoxy) is 1. The topological polar surface area (TPSA) is 68.3 Å². The van der Waals surface area contributed by atoms with E-state index in [0.29, 0.717) is 11.3 Å². The Bertz CT molecular complexity index is 476. The Kier molecular flexibility index (Phi) is 5.33. The van der Waals surface area contributed by atoms with E-state index in [0.717, 1.165) is 11.3 Å². The van der Waals surface area contributed by atoms with Crippen molar-refractivity contribution in [2.24, 2.45) is 0 Å². The molecule has 1 heterocycles. The summed E-state index contributed by atoms with van der Waals surface area (Å²) in [4.78, 5) is 27.3. The van der Waals surface area contributed by atoms with E-state index in [1.807, 2.05) is 6.92 Å². The Morgan fingerprint density at radius 2 is 2.39 bits per heavy atom. The van der Waals surface area contributed by atoms with E-state index in [2.05, 4.69) is 16.2 Å². The van der Waals surface area contributed by atoms with Crippen molar-refractivity contribution in [1.82, 2.24) is 10.3 Å². The summed E-state index contributed by atoms with van der Waals surface area (Å²) in [5.74, 6) is 1.66. The van der Waals surface area contributed by atoms with Gasteiger partial charge in [-0.05, 0) is 13.8 Å². The summed E-state index contributed by atoms with van der Waals surface area (Å²) in [5.41, 5.74) is 0. The zero-order valence-corrected chi connectivity index (χ0v) is 11.0. The van der Waals surface area contributed by atoms with Crippen LogP contribution in [0, 0.1) is 12.3 Å². The van der Waals surface area contributed by atoms with Crippen LogP contribution in [0.1, 0.15) is 39.7 Å². The van der Waals surface area contributed by atoms with Crippen LogP contribution >= 0.6 is 11.3 Å². The Balaban J connectivity index is 2.65. The first-order valence-electron chi connectivity index (χ1n) is 5.45. The van der Waals surface area contributed by atoms with Crippen LogP contribution in [-0.4, -0.2) is 29.5 Å². The number of hydrogen-bond donors (Lipinski definition) is 1. The number of rotatable bonds is 5. The van der Waals surface area contributed by atoms with Crippen LogP contribution in [0.2, 0.25) is 0 Å². The SMILES string of the molecule is C#CCC(C)NC(=O)c1cnc(C(=O)OCC)s1. The van der Waals surface area contributed by atoms with Gasteiger partial charge in [0.05, 0.1) is 12.8 Å². The fourth-order valence-electron chi connectivity index (χ4n) is 1.19. The van der Waals surface area contributed by atoms with Crippen molar-refractivity contribution in [3.8, 4) is 12.3 Å². The molecule has 0 aliphatic heterocycles. The van der Waals surface area contributed by atoms with Gasteiger partial charge in [-0.3, -0.25) is 4.79 Å². The first-order chi connectivity index (χ1) is 8.58. The average Bonchev–Trinajstić information content (AvgIpc) is 2.78. The molecule has 0 saturated heterocycles. The second-order valence-electron chi connectivity index (χ2n) is 3.53. The summed E-state index contributed by atoms with van der Waals surface area (Å²) < 4.78 is 4.79. The number of carbonyl (C=O) groups excluding carboxylic acids is 2. The summed E-state index contributed by atoms with van der Waals surface area (Å²) in [6.07, 6.45) is 6.96. The summed E-state index contributed by atoms with van der Waals surface area (Å²) in [5, 5.41) is 2.89. The quantitative estimate of drug-likeness (QED) is 0.647. The Morgan fingerprint density at radius 3 is 3.00 bits per heavy atom. The van der Waals surface area contributed by atoms with Gasteiger partial charge >= 0.3 is 5.97 Å². The lowest BCUT2D eigenvalue weighted by Gasteiger charge is -2.08. The Labute approximate surface area is 110 Å². The molecule has 1 unspecified atom stereocenters. The minimum atomic E-state index is -0.516. The predicted molar refractivity (Wildman–Crippen MR) is 68.4 cm³/mol. The van der Waals surface area contributed by atoms with Crippen LogP contribution in [0.25, 0.3) is 0 Å². The van der Waals surface area contributed by atoms with E-state index in [-0.39, 0.29) is 23.6 Å². The van der Waals surface area contributed by atoms with Crippen LogP contribution in [0.4, 0.5) is 0 Å². The first kappa shape index (κ1) is 14.2.